The molecular formula is C33H43N5O3. The Labute approximate surface area is 242 Å². The van der Waals surface area contributed by atoms with Crippen LogP contribution in [0.2, 0.25) is 0 Å². The summed E-state index contributed by atoms with van der Waals surface area (Å²) in [6.07, 6.45) is 11.7. The molecule has 2 N–H and O–H groups in total. The van der Waals surface area contributed by atoms with Crippen LogP contribution in [0, 0.1) is 12.8 Å². The number of aryl methyl sites for hydroxylation is 2. The molecule has 5 rings (SSSR count). The first-order chi connectivity index (χ1) is 19.6. The molecule has 1 aromatic carbocycles. The topological polar surface area (TPSA) is 92.5 Å². The zero-order valence-electron chi connectivity index (χ0n) is 24.8. The molecular weight excluding hydrogens is 514 g/mol. The normalized spacial score (nSPS) is 19.0. The van der Waals surface area contributed by atoms with E-state index in [1.54, 1.807) is 31.5 Å². The quantitative estimate of drug-likeness (QED) is 0.378. The van der Waals surface area contributed by atoms with Crippen LogP contribution in [0.1, 0.15) is 57.3 Å². The lowest BCUT2D eigenvalue weighted by atomic mass is 9.83. The first-order valence-electron chi connectivity index (χ1n) is 14.8. The van der Waals surface area contributed by atoms with Crippen molar-refractivity contribution >= 4 is 22.3 Å². The van der Waals surface area contributed by atoms with Gasteiger partial charge in [0.05, 0.1) is 30.4 Å². The number of hydrogen-bond donors (Lipinski definition) is 2. The number of aliphatic hydroxyl groups is 1. The van der Waals surface area contributed by atoms with Crippen molar-refractivity contribution in [2.45, 2.75) is 64.5 Å². The number of aromatic nitrogens is 3. The van der Waals surface area contributed by atoms with Crippen LogP contribution in [0.5, 0.6) is 0 Å². The van der Waals surface area contributed by atoms with E-state index in [-0.39, 0.29) is 11.6 Å². The molecule has 2 fully saturated rings. The molecule has 41 heavy (non-hydrogen) atoms. The van der Waals surface area contributed by atoms with Crippen molar-refractivity contribution in [2.24, 2.45) is 13.0 Å². The highest BCUT2D eigenvalue weighted by molar-refractivity contribution is 5.94. The van der Waals surface area contributed by atoms with Crippen molar-refractivity contribution in [1.82, 2.24) is 19.9 Å². The van der Waals surface area contributed by atoms with Gasteiger partial charge in [-0.3, -0.25) is 4.79 Å². The highest BCUT2D eigenvalue weighted by Crippen LogP contribution is 2.36. The van der Waals surface area contributed by atoms with Gasteiger partial charge in [0.15, 0.2) is 5.82 Å². The zero-order valence-corrected chi connectivity index (χ0v) is 24.8. The third kappa shape index (κ3) is 6.54. The average Bonchev–Trinajstić information content (AvgIpc) is 2.97. The van der Waals surface area contributed by atoms with Crippen molar-refractivity contribution in [1.29, 1.82) is 0 Å². The number of fused-ring (bicyclic) bond motifs is 1. The summed E-state index contributed by atoms with van der Waals surface area (Å²) in [5.41, 5.74) is 3.47. The lowest BCUT2D eigenvalue weighted by Gasteiger charge is -2.42. The van der Waals surface area contributed by atoms with Gasteiger partial charge in [-0.1, -0.05) is 38.0 Å². The smallest absolute Gasteiger partial charge is 0.253 e. The zero-order chi connectivity index (χ0) is 29.1. The van der Waals surface area contributed by atoms with Gasteiger partial charge in [0, 0.05) is 49.1 Å². The van der Waals surface area contributed by atoms with E-state index in [9.17, 15) is 9.90 Å². The molecule has 1 saturated heterocycles. The number of nitrogens with zero attached hydrogens (tertiary/aromatic N) is 4. The molecule has 0 radical (unpaired) electrons. The standard InChI is InChI=1S/C33H43N5O3/c1-6-23(18-34-21-33(3,4)40)30-35-28-13-12-25(26-16-22(2)32(39)37(5)19-26)17-27(28)31(36-30)38-14-15-41-20-29(38)24-10-8-7-9-11-24/h6,12-13,16-19,24,29,34,40H,1,7-11,14-15,20-21H2,2-5H3/b23-18+. The molecule has 3 heterocycles. The van der Waals surface area contributed by atoms with E-state index in [1.165, 1.54) is 32.1 Å². The van der Waals surface area contributed by atoms with E-state index >= 15 is 0 Å². The SMILES string of the molecule is C=C/C(=C\NCC(C)(C)O)c1nc(N2CCOCC2C2CCCCC2)c2cc(-c3cc(C)c(=O)n(C)c3)ccc2n1. The van der Waals surface area contributed by atoms with Gasteiger partial charge in [-0.2, -0.15) is 0 Å². The van der Waals surface area contributed by atoms with Crippen LogP contribution in [0.4, 0.5) is 5.82 Å². The highest BCUT2D eigenvalue weighted by Gasteiger charge is 2.33. The van der Waals surface area contributed by atoms with Crippen LogP contribution < -0.4 is 15.8 Å². The second-order valence-electron chi connectivity index (χ2n) is 12.2. The first-order valence-corrected chi connectivity index (χ1v) is 14.8. The molecule has 1 aliphatic carbocycles. The third-order valence-electron chi connectivity index (χ3n) is 8.27. The van der Waals surface area contributed by atoms with Crippen LogP contribution in [0.25, 0.3) is 27.6 Å². The summed E-state index contributed by atoms with van der Waals surface area (Å²) in [7, 11) is 1.79. The largest absolute Gasteiger partial charge is 0.389 e. The Balaban J connectivity index is 1.65. The number of anilines is 1. The highest BCUT2D eigenvalue weighted by atomic mass is 16.5. The van der Waals surface area contributed by atoms with E-state index in [1.807, 2.05) is 31.5 Å². The monoisotopic (exact) mass is 557 g/mol. The summed E-state index contributed by atoms with van der Waals surface area (Å²) in [6.45, 7) is 11.9. The van der Waals surface area contributed by atoms with Gasteiger partial charge in [-0.25, -0.2) is 9.97 Å². The molecule has 1 saturated carbocycles. The van der Waals surface area contributed by atoms with Crippen LogP contribution in [0.3, 0.4) is 0 Å². The number of pyridine rings is 1. The first kappa shape index (κ1) is 29.0. The summed E-state index contributed by atoms with van der Waals surface area (Å²) in [5, 5.41) is 14.3. The molecule has 1 aliphatic heterocycles. The van der Waals surface area contributed by atoms with Crippen LogP contribution >= 0.6 is 0 Å². The van der Waals surface area contributed by atoms with Crippen LogP contribution in [-0.4, -0.2) is 57.6 Å². The Morgan fingerprint density at radius 1 is 1.20 bits per heavy atom. The van der Waals surface area contributed by atoms with Crippen molar-refractivity contribution in [3.8, 4) is 11.1 Å². The molecule has 0 spiro atoms. The van der Waals surface area contributed by atoms with Crippen LogP contribution in [-0.2, 0) is 11.8 Å². The number of hydrogen-bond acceptors (Lipinski definition) is 7. The maximum atomic E-state index is 12.4. The van der Waals surface area contributed by atoms with E-state index in [2.05, 4.69) is 28.9 Å². The number of morpholine rings is 1. The molecule has 3 aromatic rings. The van der Waals surface area contributed by atoms with Gasteiger partial charge in [0.25, 0.3) is 5.56 Å². The minimum Gasteiger partial charge on any atom is -0.389 e. The van der Waals surface area contributed by atoms with Gasteiger partial charge in [-0.15, -0.1) is 0 Å². The number of allylic oxidation sites excluding steroid dienone is 2. The Bertz CT molecular complexity index is 1470. The van der Waals surface area contributed by atoms with Gasteiger partial charge < -0.3 is 24.6 Å². The molecule has 8 heteroatoms. The summed E-state index contributed by atoms with van der Waals surface area (Å²) < 4.78 is 7.67. The fraction of sp³-hybridized carbons (Fsp3) is 0.485. The minimum atomic E-state index is -0.852. The summed E-state index contributed by atoms with van der Waals surface area (Å²) in [6, 6.07) is 8.46. The summed E-state index contributed by atoms with van der Waals surface area (Å²) in [5.74, 6) is 2.06. The number of ether oxygens (including phenoxy) is 1. The fourth-order valence-corrected chi connectivity index (χ4v) is 6.10. The number of benzene rings is 1. The summed E-state index contributed by atoms with van der Waals surface area (Å²) >= 11 is 0. The Morgan fingerprint density at radius 3 is 2.68 bits per heavy atom. The van der Waals surface area contributed by atoms with E-state index in [0.717, 1.165) is 40.0 Å². The predicted octanol–water partition coefficient (Wildman–Crippen LogP) is 4.98. The molecule has 0 amide bonds. The van der Waals surface area contributed by atoms with Crippen molar-refractivity contribution in [3.05, 3.63) is 71.1 Å². The molecule has 2 aromatic heterocycles. The lowest BCUT2D eigenvalue weighted by Crippen LogP contribution is -2.50. The van der Waals surface area contributed by atoms with E-state index in [0.29, 0.717) is 37.1 Å². The fourth-order valence-electron chi connectivity index (χ4n) is 6.10. The van der Waals surface area contributed by atoms with Gasteiger partial charge in [-0.05, 0) is 68.9 Å². The lowest BCUT2D eigenvalue weighted by molar-refractivity contribution is 0.0674. The van der Waals surface area contributed by atoms with E-state index < -0.39 is 5.60 Å². The van der Waals surface area contributed by atoms with Crippen molar-refractivity contribution in [3.63, 3.8) is 0 Å². The van der Waals surface area contributed by atoms with Crippen molar-refractivity contribution in [2.75, 3.05) is 31.2 Å². The molecule has 1 unspecified atom stereocenters. The van der Waals surface area contributed by atoms with Crippen LogP contribution in [0.15, 0.2) is 54.1 Å². The minimum absolute atomic E-state index is 0.00813. The second-order valence-corrected chi connectivity index (χ2v) is 12.2. The van der Waals surface area contributed by atoms with Crippen molar-refractivity contribution < 1.29 is 9.84 Å². The number of rotatable bonds is 8. The molecule has 8 nitrogen and oxygen atoms in total. The summed E-state index contributed by atoms with van der Waals surface area (Å²) in [4.78, 5) is 25.0. The maximum absolute atomic E-state index is 12.4. The maximum Gasteiger partial charge on any atom is 0.253 e. The van der Waals surface area contributed by atoms with Gasteiger partial charge in [0.1, 0.15) is 5.82 Å². The predicted molar refractivity (Wildman–Crippen MR) is 166 cm³/mol. The second kappa shape index (κ2) is 12.2. The Kier molecular flexibility index (Phi) is 8.61. The molecule has 0 bridgehead atoms. The molecule has 218 valence electrons. The Hall–Kier alpha value is -3.49. The average molecular weight is 558 g/mol. The Morgan fingerprint density at radius 2 is 1.98 bits per heavy atom. The van der Waals surface area contributed by atoms with Gasteiger partial charge >= 0.3 is 0 Å². The molecule has 2 aliphatic rings. The van der Waals surface area contributed by atoms with Gasteiger partial charge in [0.2, 0.25) is 0 Å². The number of nitrogens with one attached hydrogen (secondary N) is 1. The third-order valence-corrected chi connectivity index (χ3v) is 8.27. The van der Waals surface area contributed by atoms with E-state index in [4.69, 9.17) is 14.7 Å². The molecule has 1 atom stereocenters.